The second-order valence-corrected chi connectivity index (χ2v) is 8.49. The minimum atomic E-state index is -1.06. The van der Waals surface area contributed by atoms with Crippen LogP contribution in [0, 0.1) is 0 Å². The minimum absolute atomic E-state index is 0.0984. The highest BCUT2D eigenvalue weighted by atomic mass is 16.4. The summed E-state index contributed by atoms with van der Waals surface area (Å²) in [5.74, 6) is -0.499. The number of aromatic amines is 1. The minimum Gasteiger partial charge on any atom is -0.478 e. The molecule has 3 aromatic heterocycles. The van der Waals surface area contributed by atoms with Gasteiger partial charge >= 0.3 is 5.97 Å². The zero-order chi connectivity index (χ0) is 25.0. The van der Waals surface area contributed by atoms with E-state index in [2.05, 4.69) is 21.9 Å². The van der Waals surface area contributed by atoms with Crippen molar-refractivity contribution in [3.8, 4) is 22.8 Å². The van der Waals surface area contributed by atoms with Gasteiger partial charge in [-0.25, -0.2) is 14.8 Å². The number of rotatable bonds is 11. The van der Waals surface area contributed by atoms with Crippen LogP contribution in [0.1, 0.15) is 68.6 Å². The van der Waals surface area contributed by atoms with Crippen LogP contribution in [0.4, 0.5) is 5.95 Å². The third kappa shape index (κ3) is 7.42. The van der Waals surface area contributed by atoms with Gasteiger partial charge in [0.25, 0.3) is 0 Å². The molecule has 35 heavy (non-hydrogen) atoms. The van der Waals surface area contributed by atoms with E-state index in [1.807, 2.05) is 24.3 Å². The number of anilines is 1. The van der Waals surface area contributed by atoms with E-state index in [1.54, 1.807) is 12.1 Å². The summed E-state index contributed by atoms with van der Waals surface area (Å²) in [6.07, 6.45) is 12.5. The van der Waals surface area contributed by atoms with Crippen LogP contribution in [-0.2, 0) is 0 Å². The Kier molecular flexibility index (Phi) is 9.86. The van der Waals surface area contributed by atoms with Crippen LogP contribution in [0.25, 0.3) is 33.8 Å². The predicted molar refractivity (Wildman–Crippen MR) is 140 cm³/mol. The fraction of sp³-hybridized carbons (Fsp3) is 0.370. The van der Waals surface area contributed by atoms with Gasteiger partial charge in [-0.05, 0) is 37.2 Å². The number of unbranched alkanes of at least 4 members (excludes halogenated alkanes) is 7. The Hall–Kier alpha value is -3.65. The number of aromatic carboxylic acids is 1. The molecule has 3 heterocycles. The number of carboxylic acid groups (broad SMARTS) is 1. The summed E-state index contributed by atoms with van der Waals surface area (Å²) in [5.41, 5.74) is 13.2. The van der Waals surface area contributed by atoms with Crippen molar-refractivity contribution in [2.24, 2.45) is 5.73 Å². The molecule has 0 bridgehead atoms. The first-order valence-electron chi connectivity index (χ1n) is 12.3. The number of H-pyrrole nitrogens is 1. The highest BCUT2D eigenvalue weighted by molar-refractivity contribution is 5.97. The summed E-state index contributed by atoms with van der Waals surface area (Å²) < 4.78 is 5.77. The molecule has 4 rings (SSSR count). The number of para-hydroxylation sites is 1. The summed E-state index contributed by atoms with van der Waals surface area (Å²) in [6, 6.07) is 12.4. The lowest BCUT2D eigenvalue weighted by Crippen LogP contribution is -1.97. The van der Waals surface area contributed by atoms with Gasteiger partial charge in [-0.15, -0.1) is 0 Å². The Morgan fingerprint density at radius 1 is 1.03 bits per heavy atom. The number of carboxylic acids is 1. The summed E-state index contributed by atoms with van der Waals surface area (Å²) in [5, 5.41) is 10.4. The number of aromatic nitrogens is 3. The van der Waals surface area contributed by atoms with Gasteiger partial charge in [0, 0.05) is 11.6 Å². The molecule has 0 radical (unpaired) electrons. The van der Waals surface area contributed by atoms with Crippen molar-refractivity contribution in [1.82, 2.24) is 15.0 Å². The maximum Gasteiger partial charge on any atom is 0.338 e. The average Bonchev–Trinajstić information content (AvgIpc) is 3.49. The van der Waals surface area contributed by atoms with Gasteiger partial charge in [-0.1, -0.05) is 70.1 Å². The Morgan fingerprint density at radius 3 is 2.40 bits per heavy atom. The number of hydrogen-bond acceptors (Lipinski definition) is 6. The molecule has 4 aromatic rings. The standard InChI is InChI=1S/C17H12N4O3.C10H23N/c18-17-19-6-5-11(21-17)12-8-10(16(22)23)15(20-12)14-7-9-3-1-2-4-13(9)24-14;1-2-3-4-5-6-7-8-9-10-11/h1-8,20H,(H,22,23)(H2,18,19,21);2-11H2,1H3. The number of carbonyl (C=O) groups is 1. The van der Waals surface area contributed by atoms with Crippen LogP contribution in [0.3, 0.4) is 0 Å². The van der Waals surface area contributed by atoms with Gasteiger partial charge < -0.3 is 26.0 Å². The van der Waals surface area contributed by atoms with Crippen molar-refractivity contribution in [2.45, 2.75) is 58.3 Å². The number of furan rings is 1. The molecular formula is C27H35N5O3. The quantitative estimate of drug-likeness (QED) is 0.187. The lowest BCUT2D eigenvalue weighted by Gasteiger charge is -1.99. The van der Waals surface area contributed by atoms with Crippen LogP contribution >= 0.6 is 0 Å². The smallest absolute Gasteiger partial charge is 0.338 e. The van der Waals surface area contributed by atoms with Crippen molar-refractivity contribution in [3.05, 3.63) is 54.2 Å². The molecule has 0 saturated heterocycles. The highest BCUT2D eigenvalue weighted by Crippen LogP contribution is 2.32. The van der Waals surface area contributed by atoms with Crippen molar-refractivity contribution in [2.75, 3.05) is 12.3 Å². The molecule has 0 fully saturated rings. The van der Waals surface area contributed by atoms with Gasteiger partial charge in [0.15, 0.2) is 5.76 Å². The van der Waals surface area contributed by atoms with Crippen molar-refractivity contribution >= 4 is 22.9 Å². The fourth-order valence-electron chi connectivity index (χ4n) is 3.86. The normalized spacial score (nSPS) is 10.8. The second-order valence-electron chi connectivity index (χ2n) is 8.49. The largest absolute Gasteiger partial charge is 0.478 e. The molecule has 0 saturated carbocycles. The molecule has 8 nitrogen and oxygen atoms in total. The van der Waals surface area contributed by atoms with E-state index in [0.29, 0.717) is 28.4 Å². The third-order valence-electron chi connectivity index (χ3n) is 5.73. The average molecular weight is 478 g/mol. The van der Waals surface area contributed by atoms with Gasteiger partial charge in [0.05, 0.1) is 22.6 Å². The fourth-order valence-corrected chi connectivity index (χ4v) is 3.86. The first kappa shape index (κ1) is 26.0. The summed E-state index contributed by atoms with van der Waals surface area (Å²) in [7, 11) is 0. The van der Waals surface area contributed by atoms with Crippen LogP contribution in [0.15, 0.2) is 53.1 Å². The molecule has 0 aliphatic rings. The second kappa shape index (κ2) is 13.3. The van der Waals surface area contributed by atoms with Crippen LogP contribution in [-0.4, -0.2) is 32.6 Å². The van der Waals surface area contributed by atoms with E-state index in [4.69, 9.17) is 15.9 Å². The van der Waals surface area contributed by atoms with Gasteiger partial charge in [-0.3, -0.25) is 0 Å². The van der Waals surface area contributed by atoms with E-state index >= 15 is 0 Å². The molecular weight excluding hydrogens is 442 g/mol. The topological polar surface area (TPSA) is 144 Å². The number of hydrogen-bond donors (Lipinski definition) is 4. The lowest BCUT2D eigenvalue weighted by molar-refractivity contribution is 0.0697. The Bertz CT molecular complexity index is 1170. The Balaban J connectivity index is 0.000000266. The number of nitrogens with two attached hydrogens (primary N) is 2. The summed E-state index contributed by atoms with van der Waals surface area (Å²) in [4.78, 5) is 22.6. The first-order valence-corrected chi connectivity index (χ1v) is 12.3. The molecule has 0 unspecified atom stereocenters. The monoisotopic (exact) mass is 477 g/mol. The number of fused-ring (bicyclic) bond motifs is 1. The molecule has 0 aliphatic carbocycles. The SMILES string of the molecule is CCCCCCCCCCN.Nc1nccc(-c2cc(C(=O)O)c(-c3cc4ccccc4o3)[nH]2)n1. The van der Waals surface area contributed by atoms with Gasteiger partial charge in [-0.2, -0.15) is 0 Å². The molecule has 0 atom stereocenters. The molecule has 1 aromatic carbocycles. The van der Waals surface area contributed by atoms with Crippen LogP contribution in [0.2, 0.25) is 0 Å². The van der Waals surface area contributed by atoms with Gasteiger partial charge in [0.1, 0.15) is 5.58 Å². The van der Waals surface area contributed by atoms with Crippen LogP contribution in [0.5, 0.6) is 0 Å². The Labute approximate surface area is 205 Å². The lowest BCUT2D eigenvalue weighted by atomic mass is 10.1. The van der Waals surface area contributed by atoms with E-state index in [9.17, 15) is 9.90 Å². The zero-order valence-corrected chi connectivity index (χ0v) is 20.3. The third-order valence-corrected chi connectivity index (χ3v) is 5.73. The molecule has 186 valence electrons. The molecule has 0 amide bonds. The van der Waals surface area contributed by atoms with E-state index in [-0.39, 0.29) is 11.5 Å². The molecule has 8 heteroatoms. The number of nitrogen functional groups attached to an aromatic ring is 1. The number of nitrogens with zero attached hydrogens (tertiary/aromatic N) is 2. The molecule has 0 spiro atoms. The van der Waals surface area contributed by atoms with Crippen molar-refractivity contribution < 1.29 is 14.3 Å². The maximum absolute atomic E-state index is 11.6. The molecule has 6 N–H and O–H groups in total. The summed E-state index contributed by atoms with van der Waals surface area (Å²) >= 11 is 0. The predicted octanol–water partition coefficient (Wildman–Crippen LogP) is 6.25. The zero-order valence-electron chi connectivity index (χ0n) is 20.3. The summed E-state index contributed by atoms with van der Waals surface area (Å²) in [6.45, 7) is 3.13. The molecule has 0 aliphatic heterocycles. The van der Waals surface area contributed by atoms with E-state index < -0.39 is 5.97 Å². The number of nitrogens with one attached hydrogen (secondary N) is 1. The highest BCUT2D eigenvalue weighted by Gasteiger charge is 2.20. The Morgan fingerprint density at radius 2 is 1.74 bits per heavy atom. The van der Waals surface area contributed by atoms with Crippen LogP contribution < -0.4 is 11.5 Å². The van der Waals surface area contributed by atoms with E-state index in [0.717, 1.165) is 11.9 Å². The van der Waals surface area contributed by atoms with Crippen molar-refractivity contribution in [3.63, 3.8) is 0 Å². The van der Waals surface area contributed by atoms with Gasteiger partial charge in [0.2, 0.25) is 5.95 Å². The maximum atomic E-state index is 11.6. The van der Waals surface area contributed by atoms with Crippen molar-refractivity contribution in [1.29, 1.82) is 0 Å². The van der Waals surface area contributed by atoms with E-state index in [1.165, 1.54) is 63.6 Å². The number of benzene rings is 1. The first-order chi connectivity index (χ1) is 17.0.